The molecule has 0 heterocycles. The quantitative estimate of drug-likeness (QED) is 0.131. The van der Waals surface area contributed by atoms with Gasteiger partial charge in [0.15, 0.2) is 0 Å². The number of hydrogen-bond acceptors (Lipinski definition) is 0. The molecule has 0 atom stereocenters. The van der Waals surface area contributed by atoms with Crippen molar-refractivity contribution in [3.8, 4) is 0 Å². The van der Waals surface area contributed by atoms with Gasteiger partial charge in [-0.3, -0.25) is 0 Å². The molecule has 0 nitrogen and oxygen atoms in total. The Labute approximate surface area is 817 Å². The van der Waals surface area contributed by atoms with E-state index in [9.17, 15) is 11.1 Å². The fraction of sp³-hybridized carbons (Fsp3) is 0.871. The van der Waals surface area contributed by atoms with Crippen molar-refractivity contribution in [2.45, 2.75) is 429 Å². The third kappa shape index (κ3) is 103. The van der Waals surface area contributed by atoms with Gasteiger partial charge in [-0.05, 0) is 0 Å². The molecule has 0 aliphatic heterocycles. The minimum absolute atomic E-state index is 0.210. The van der Waals surface area contributed by atoms with Gasteiger partial charge in [0.25, 0.3) is 0 Å². The van der Waals surface area contributed by atoms with E-state index in [1.165, 1.54) is 93.0 Å². The van der Waals surface area contributed by atoms with Crippen LogP contribution in [-0.4, -0.2) is 292 Å². The Balaban J connectivity index is -0.000000217. The molecule has 5 aliphatic carbocycles. The predicted molar refractivity (Wildman–Crippen MR) is 541 cm³/mol. The second-order valence-electron chi connectivity index (χ2n) is 39.5. The summed E-state index contributed by atoms with van der Waals surface area (Å²) in [6, 6.07) is 16.4. The Morgan fingerprint density at radius 2 is 0.685 bits per heavy atom. The summed E-state index contributed by atoms with van der Waals surface area (Å²) in [5, 5.41) is 0. The van der Waals surface area contributed by atoms with Gasteiger partial charge in [-0.25, -0.2) is 0 Å². The summed E-state index contributed by atoms with van der Waals surface area (Å²) in [6.07, 6.45) is 39.4. The zero-order valence-corrected chi connectivity index (χ0v) is 120. The molecule has 2 aromatic rings. The molecular weight excluding hydrogens is 3280 g/mol. The molecule has 0 saturated heterocycles. The van der Waals surface area contributed by atoms with Crippen LogP contribution in [0.25, 0.3) is 0 Å². The molecular formula is C93H195Bi4F4Sb5Te5. The molecule has 0 amide bonds. The van der Waals surface area contributed by atoms with Gasteiger partial charge in [-0.2, -0.15) is 0 Å². The van der Waals surface area contributed by atoms with Gasteiger partial charge >= 0.3 is 833 Å². The molecule has 5 aliphatic rings. The average molecular weight is 3470 g/mol. The Morgan fingerprint density at radius 3 is 0.865 bits per heavy atom. The summed E-state index contributed by atoms with van der Waals surface area (Å²) < 4.78 is 83.7. The van der Waals surface area contributed by atoms with Gasteiger partial charge in [0.1, 0.15) is 0 Å². The topological polar surface area (TPSA) is 0 Å². The molecule has 0 unspecified atom stereocenters. The van der Waals surface area contributed by atoms with Crippen LogP contribution in [0.15, 0.2) is 60.7 Å². The van der Waals surface area contributed by atoms with Gasteiger partial charge in [0.05, 0.1) is 0 Å². The van der Waals surface area contributed by atoms with Gasteiger partial charge in [0.2, 0.25) is 0 Å². The molecule has 0 N–H and O–H groups in total. The molecule has 7 rings (SSSR count). The molecule has 2 aromatic carbocycles. The Morgan fingerprint density at radius 1 is 0.432 bits per heavy atom. The molecule has 0 bridgehead atoms. The van der Waals surface area contributed by atoms with E-state index in [-0.39, 0.29) is 7.02 Å². The maximum atomic E-state index is 14.8. The summed E-state index contributed by atoms with van der Waals surface area (Å²) in [4.78, 5) is 33.0. The molecule has 0 aromatic heterocycles. The van der Waals surface area contributed by atoms with Crippen molar-refractivity contribution in [1.82, 2.24) is 0 Å². The van der Waals surface area contributed by atoms with E-state index < -0.39 is 188 Å². The van der Waals surface area contributed by atoms with E-state index in [2.05, 4.69) is 200 Å². The number of halogens is 4. The van der Waals surface area contributed by atoms with E-state index in [1.807, 2.05) is 0 Å². The van der Waals surface area contributed by atoms with Crippen molar-refractivity contribution in [2.24, 2.45) is 33.0 Å². The molecule has 0 spiro atoms. The van der Waals surface area contributed by atoms with Crippen molar-refractivity contribution >= 4 is 299 Å². The molecule has 5 saturated carbocycles. The van der Waals surface area contributed by atoms with E-state index >= 15 is 0 Å². The standard InChI is InChI=1S/C7H14Te.C6H14Te.4C6H11.2C6H5.C5H12Te.4C5H11.2C2H6Te.15CH3.4Bi.4FH.5Sb/c1-8-7-5-3-2-4-6-7;1-6(2,3)5-7-4;6*1-2-4-6-5-3-1;1-5(2)4-6-3;4*1-5(2,3)4;2*1-3-2;;;;;;;;;;;;;;;;;;;;;;;;;;;;/h7H,2-6H2,1H3;5H2,1-4H3;4*1H,2-6H2;2*1-5H;5H,4H2,1-3H3;4*1H2,2-4H3;2*1-2H3;15*1H3;;;;;4*1H;;;;;/q;;;;;;;;;;;;;;;;;;;;;;;;;;;;;;;;;+1;;;;;;;;+1;+2/p-4. The second-order valence-corrected chi connectivity index (χ2v) is 126. The van der Waals surface area contributed by atoms with Crippen LogP contribution in [-0.2, 0) is 0 Å². The van der Waals surface area contributed by atoms with Crippen molar-refractivity contribution in [2.75, 3.05) is 0 Å². The van der Waals surface area contributed by atoms with Crippen LogP contribution >= 0.6 is 0 Å². The van der Waals surface area contributed by atoms with E-state index in [0.717, 1.165) is 10.8 Å². The fourth-order valence-electron chi connectivity index (χ4n) is 13.6. The molecule has 111 heavy (non-hydrogen) atoms. The summed E-state index contributed by atoms with van der Waals surface area (Å²) in [5.41, 5.74) is 2.92. The van der Waals surface area contributed by atoms with Crippen molar-refractivity contribution in [3.05, 3.63) is 60.7 Å². The second kappa shape index (κ2) is 81.7. The number of hydrogen-bond donors (Lipinski definition) is 0. The predicted octanol–water partition coefficient (Wildman–Crippen LogP) is 34.0. The van der Waals surface area contributed by atoms with Gasteiger partial charge in [0, 0.05) is 0 Å². The summed E-state index contributed by atoms with van der Waals surface area (Å²) in [7, 11) is 0. The van der Waals surface area contributed by atoms with Crippen LogP contribution in [0.5, 0.6) is 0 Å². The first-order chi connectivity index (χ1) is 51.0. The monoisotopic (exact) mass is 3480 g/mol. The van der Waals surface area contributed by atoms with Crippen molar-refractivity contribution in [3.63, 3.8) is 0 Å². The normalized spacial score (nSPS) is 16.5. The van der Waals surface area contributed by atoms with E-state index in [0.29, 0.717) is 132 Å². The first-order valence-electron chi connectivity index (χ1n) is 42.5. The molecule has 5 fully saturated rings. The number of benzene rings is 2. The van der Waals surface area contributed by atoms with Gasteiger partial charge in [-0.15, -0.1) is 0 Å². The first-order valence-corrected chi connectivity index (χ1v) is 131. The maximum absolute atomic E-state index is 14.8. The zero-order chi connectivity index (χ0) is 87.7. The number of rotatable bonds is 14. The molecule has 18 heteroatoms. The van der Waals surface area contributed by atoms with Crippen molar-refractivity contribution in [1.29, 1.82) is 0 Å². The van der Waals surface area contributed by atoms with Crippen LogP contribution < -0.4 is 7.02 Å². The summed E-state index contributed by atoms with van der Waals surface area (Å²) >= 11 is -12.5. The van der Waals surface area contributed by atoms with E-state index in [1.54, 1.807) is 192 Å². The molecule has 670 valence electrons. The third-order valence-electron chi connectivity index (χ3n) is 17.2. The SMILES string of the molecule is C[Te]C.C[Te]C.C[Te]C1CCCCC1.C[Te]CC(C)(C)C.C[Te]CC(C)C.[CH3][Bi]([CH2]C(C)(C)C)[CH2]C(C)(C)C.[CH3][Bi]([CH3])[CH3].[CH3][Bi]([CH3])[F].[CH3][Bi]([CH]1CCCCC1)[CH]1CCCCC1.[CH3][Sb]([CH2]C(C)(C)C)[CH2]C(C)(C)C.[CH3][Sb]([CH3])[CH3].[CH3][Sb]([CH3])[F].[CH3][Sb]([CH]1CCCCC1)[CH]1CCCCC1.[CH3][Sb]([F])([F])([c]1ccccc1)[c]1ccccc1. The van der Waals surface area contributed by atoms with Gasteiger partial charge in [-0.1, -0.05) is 0 Å². The molecule has 0 radical (unpaired) electrons. The summed E-state index contributed by atoms with van der Waals surface area (Å²) in [5.74, 6) is 0.956. The Bertz CT molecular complexity index is 1990. The van der Waals surface area contributed by atoms with Crippen LogP contribution in [0.3, 0.4) is 0 Å². The average Bonchev–Trinajstić information content (AvgIpc) is 0.756. The van der Waals surface area contributed by atoms with Crippen molar-refractivity contribution < 1.29 is 11.1 Å². The third-order valence-corrected chi connectivity index (χ3v) is 77.5. The van der Waals surface area contributed by atoms with Crippen LogP contribution in [0.1, 0.15) is 278 Å². The Hall–Kier alpha value is 9.73. The van der Waals surface area contributed by atoms with Crippen LogP contribution in [0.2, 0.25) is 151 Å². The summed E-state index contributed by atoms with van der Waals surface area (Å²) in [6.45, 7) is 40.0. The van der Waals surface area contributed by atoms with Crippen LogP contribution in [0, 0.1) is 33.0 Å². The van der Waals surface area contributed by atoms with Crippen LogP contribution in [0.4, 0.5) is 11.1 Å². The zero-order valence-electron chi connectivity index (χ0n) is 81.2. The first kappa shape index (κ1) is 134. The Kier molecular flexibility index (Phi) is 98.5. The van der Waals surface area contributed by atoms with E-state index in [4.69, 9.17) is 0 Å². The minimum atomic E-state index is -5.79. The fourth-order valence-corrected chi connectivity index (χ4v) is 68.5. The van der Waals surface area contributed by atoms with Gasteiger partial charge < -0.3 is 0 Å².